The lowest BCUT2D eigenvalue weighted by molar-refractivity contribution is 0.0531. The van der Waals surface area contributed by atoms with Gasteiger partial charge in [0, 0.05) is 59.8 Å². The van der Waals surface area contributed by atoms with Crippen LogP contribution in [-0.2, 0) is 12.8 Å². The van der Waals surface area contributed by atoms with Crippen molar-refractivity contribution in [3.63, 3.8) is 0 Å². The van der Waals surface area contributed by atoms with E-state index in [1.807, 2.05) is 90.1 Å². The molecule has 6 aromatic rings. The van der Waals surface area contributed by atoms with Gasteiger partial charge in [-0.05, 0) is 139 Å². The van der Waals surface area contributed by atoms with Crippen molar-refractivity contribution in [1.82, 2.24) is 30.2 Å². The number of aryl methyl sites for hydroxylation is 6. The monoisotopic (exact) mass is 880 g/mol. The minimum Gasteiger partial charge on any atom is -0.490 e. The van der Waals surface area contributed by atoms with Gasteiger partial charge in [-0.1, -0.05) is 24.2 Å². The summed E-state index contributed by atoms with van der Waals surface area (Å²) in [4.78, 5) is 22.9. The number of ether oxygens (including phenoxy) is 2. The normalized spacial score (nSPS) is 12.1. The number of pyridine rings is 2. The quantitative estimate of drug-likeness (QED) is 0.0602. The number of anilines is 2. The summed E-state index contributed by atoms with van der Waals surface area (Å²) in [6.07, 6.45) is -0.353. The Morgan fingerprint density at radius 1 is 0.516 bits per heavy atom. The number of aliphatic hydroxyl groups is 4. The Balaban J connectivity index is 0.000000241. The number of hydrogen-bond acceptors (Lipinski definition) is 16. The molecule has 2 atom stereocenters. The molecule has 0 aliphatic carbocycles. The minimum absolute atomic E-state index is 0.0340. The summed E-state index contributed by atoms with van der Waals surface area (Å²) in [6.45, 7) is 23.1. The highest BCUT2D eigenvalue weighted by atomic mass is 16.5. The van der Waals surface area contributed by atoms with Crippen molar-refractivity contribution < 1.29 is 38.9 Å². The van der Waals surface area contributed by atoms with Crippen LogP contribution in [0.5, 0.6) is 11.5 Å². The summed E-state index contributed by atoms with van der Waals surface area (Å²) in [5.41, 5.74) is 8.86. The first kappa shape index (κ1) is 49.1. The zero-order valence-electron chi connectivity index (χ0n) is 38.8. The van der Waals surface area contributed by atoms with E-state index in [0.717, 1.165) is 107 Å². The molecule has 0 aliphatic heterocycles. The summed E-state index contributed by atoms with van der Waals surface area (Å²) in [5, 5.41) is 45.7. The average molecular weight is 881 g/mol. The maximum atomic E-state index is 9.61. The number of rotatable bonds is 20. The summed E-state index contributed by atoms with van der Waals surface area (Å²) in [6, 6.07) is 15.7. The van der Waals surface area contributed by atoms with Crippen molar-refractivity contribution in [3.05, 3.63) is 82.2 Å². The van der Waals surface area contributed by atoms with Crippen LogP contribution in [0.15, 0.2) is 57.6 Å². The fourth-order valence-corrected chi connectivity index (χ4v) is 7.24. The van der Waals surface area contributed by atoms with Gasteiger partial charge in [0.05, 0.1) is 13.2 Å². The van der Waals surface area contributed by atoms with Crippen molar-refractivity contribution in [2.75, 3.05) is 62.4 Å². The number of benzene rings is 2. The van der Waals surface area contributed by atoms with E-state index in [1.54, 1.807) is 0 Å². The summed E-state index contributed by atoms with van der Waals surface area (Å²) in [7, 11) is 0. The first-order valence-corrected chi connectivity index (χ1v) is 22.1. The second kappa shape index (κ2) is 23.1. The molecule has 344 valence electrons. The van der Waals surface area contributed by atoms with Crippen molar-refractivity contribution >= 4 is 11.6 Å². The Bertz CT molecular complexity index is 2260. The van der Waals surface area contributed by atoms with E-state index in [2.05, 4.69) is 67.7 Å². The third-order valence-corrected chi connectivity index (χ3v) is 10.6. The van der Waals surface area contributed by atoms with Crippen LogP contribution in [0.25, 0.3) is 45.7 Å². The van der Waals surface area contributed by atoms with Crippen LogP contribution in [-0.4, -0.2) is 115 Å². The van der Waals surface area contributed by atoms with Crippen LogP contribution in [0.1, 0.15) is 75.2 Å². The van der Waals surface area contributed by atoms with Crippen molar-refractivity contribution in [3.8, 4) is 57.2 Å². The molecular weight excluding hydrogens is 817 g/mol. The van der Waals surface area contributed by atoms with Gasteiger partial charge in [0.15, 0.2) is 0 Å². The van der Waals surface area contributed by atoms with E-state index in [1.165, 1.54) is 0 Å². The van der Waals surface area contributed by atoms with Crippen LogP contribution in [0.2, 0.25) is 0 Å². The molecular formula is C48H64N8O8. The molecule has 0 bridgehead atoms. The van der Waals surface area contributed by atoms with Gasteiger partial charge in [0.1, 0.15) is 48.6 Å². The molecule has 6 rings (SSSR count). The maximum Gasteiger partial charge on any atom is 0.258 e. The molecule has 16 heteroatoms. The summed E-state index contributed by atoms with van der Waals surface area (Å²) < 4.78 is 22.7. The van der Waals surface area contributed by atoms with E-state index >= 15 is 0 Å². The molecule has 16 nitrogen and oxygen atoms in total. The Labute approximate surface area is 375 Å². The molecule has 4 heterocycles. The molecule has 0 spiro atoms. The predicted octanol–water partition coefficient (Wildman–Crippen LogP) is 7.11. The third-order valence-electron chi connectivity index (χ3n) is 10.6. The van der Waals surface area contributed by atoms with E-state index < -0.39 is 12.2 Å². The van der Waals surface area contributed by atoms with Gasteiger partial charge in [0.2, 0.25) is 11.6 Å². The number of aliphatic hydroxyl groups excluding tert-OH is 4. The summed E-state index contributed by atoms with van der Waals surface area (Å²) in [5.74, 6) is 5.09. The van der Waals surface area contributed by atoms with Crippen molar-refractivity contribution in [2.45, 2.75) is 94.3 Å². The molecule has 0 fully saturated rings. The Hall–Kier alpha value is -5.94. The number of aromatic nitrogens is 6. The van der Waals surface area contributed by atoms with Gasteiger partial charge >= 0.3 is 0 Å². The van der Waals surface area contributed by atoms with Crippen LogP contribution in [0, 0.1) is 27.7 Å². The van der Waals surface area contributed by atoms with Crippen LogP contribution in [0.3, 0.4) is 0 Å². The largest absolute Gasteiger partial charge is 0.490 e. The lowest BCUT2D eigenvalue weighted by Crippen LogP contribution is -2.23. The van der Waals surface area contributed by atoms with Gasteiger partial charge in [-0.3, -0.25) is 0 Å². The van der Waals surface area contributed by atoms with Crippen molar-refractivity contribution in [1.29, 1.82) is 0 Å². The van der Waals surface area contributed by atoms with Gasteiger partial charge in [-0.25, -0.2) is 9.97 Å². The van der Waals surface area contributed by atoms with E-state index in [4.69, 9.17) is 28.7 Å². The second-order valence-corrected chi connectivity index (χ2v) is 15.5. The van der Waals surface area contributed by atoms with Crippen molar-refractivity contribution in [2.24, 2.45) is 0 Å². The molecule has 0 saturated carbocycles. The smallest absolute Gasteiger partial charge is 0.258 e. The molecule has 0 aliphatic rings. The van der Waals surface area contributed by atoms with E-state index in [-0.39, 0.29) is 26.4 Å². The standard InChI is InChI=1S/2C24H32N4O4/c2*1-6-17-11-18(9-15(4)22(17)31-14-20(30)13-29)23-26-24(32-27-23)19-10-16(5)25-21(12-19)28(7-2)8-3/h2*9-12,20,29-30H,6-8,13-14H2,1-5H3. The highest BCUT2D eigenvalue weighted by Gasteiger charge is 2.20. The lowest BCUT2D eigenvalue weighted by Gasteiger charge is -2.20. The molecule has 4 N–H and O–H groups in total. The average Bonchev–Trinajstić information content (AvgIpc) is 4.00. The Kier molecular flexibility index (Phi) is 17.7. The SMILES string of the molecule is CCc1cc(-c2noc(-c3cc(C)nc(N(CC)CC)c3)n2)cc(C)c1OCC(O)CO.CCc1cc(-c2noc(-c3cc(C)nc(N(CC)CC)c3)n2)cc(C)c1OCC(O)CO. The molecule has 4 aromatic heterocycles. The fraction of sp³-hybridized carbons (Fsp3) is 0.458. The molecule has 0 radical (unpaired) electrons. The Morgan fingerprint density at radius 3 is 1.22 bits per heavy atom. The van der Waals surface area contributed by atoms with Gasteiger partial charge < -0.3 is 48.7 Å². The fourth-order valence-electron chi connectivity index (χ4n) is 7.24. The minimum atomic E-state index is -0.913. The molecule has 2 unspecified atom stereocenters. The van der Waals surface area contributed by atoms with Crippen LogP contribution >= 0.6 is 0 Å². The molecule has 2 aromatic carbocycles. The van der Waals surface area contributed by atoms with Gasteiger partial charge in [-0.15, -0.1) is 0 Å². The predicted molar refractivity (Wildman–Crippen MR) is 248 cm³/mol. The van der Waals surface area contributed by atoms with Gasteiger partial charge in [-0.2, -0.15) is 9.97 Å². The van der Waals surface area contributed by atoms with Crippen LogP contribution < -0.4 is 19.3 Å². The number of nitrogens with zero attached hydrogens (tertiary/aromatic N) is 8. The van der Waals surface area contributed by atoms with Crippen LogP contribution in [0.4, 0.5) is 11.6 Å². The van der Waals surface area contributed by atoms with E-state index in [0.29, 0.717) is 34.9 Å². The zero-order valence-corrected chi connectivity index (χ0v) is 38.8. The highest BCUT2D eigenvalue weighted by molar-refractivity contribution is 5.67. The second-order valence-electron chi connectivity index (χ2n) is 15.5. The topological polar surface area (TPSA) is 209 Å². The first-order chi connectivity index (χ1) is 30.8. The van der Waals surface area contributed by atoms with Gasteiger partial charge in [0.25, 0.3) is 11.8 Å². The molecule has 0 amide bonds. The Morgan fingerprint density at radius 2 is 0.891 bits per heavy atom. The maximum absolute atomic E-state index is 9.61. The highest BCUT2D eigenvalue weighted by Crippen LogP contribution is 2.34. The summed E-state index contributed by atoms with van der Waals surface area (Å²) >= 11 is 0. The first-order valence-electron chi connectivity index (χ1n) is 22.1. The lowest BCUT2D eigenvalue weighted by atomic mass is 10.0. The zero-order chi connectivity index (χ0) is 46.5. The molecule has 64 heavy (non-hydrogen) atoms. The third kappa shape index (κ3) is 12.2. The number of hydrogen-bond donors (Lipinski definition) is 4. The molecule has 0 saturated heterocycles. The van der Waals surface area contributed by atoms with E-state index in [9.17, 15) is 10.2 Å².